The van der Waals surface area contributed by atoms with Gasteiger partial charge in [0.1, 0.15) is 0 Å². The number of amidine groups is 2. The molecule has 0 radical (unpaired) electrons. The molecule has 0 spiro atoms. The SMILES string of the molecule is C=C.C=C1C(=NC2CCCN(CC)C2)NN=C(/C=C(\C)C2=C(C=IC)CCC2)N1CC. The van der Waals surface area contributed by atoms with Gasteiger partial charge in [0.25, 0.3) is 0 Å². The maximum absolute atomic E-state index is 4.98. The van der Waals surface area contributed by atoms with Gasteiger partial charge in [-0.1, -0.05) is 13.5 Å². The molecule has 1 saturated heterocycles. The predicted octanol–water partition coefficient (Wildman–Crippen LogP) is 5.25. The lowest BCUT2D eigenvalue weighted by molar-refractivity contribution is 0.220. The lowest BCUT2D eigenvalue weighted by Gasteiger charge is -2.33. The summed E-state index contributed by atoms with van der Waals surface area (Å²) in [7, 11) is 0. The number of rotatable bonds is 6. The van der Waals surface area contributed by atoms with Gasteiger partial charge in [-0.05, 0) is 90.8 Å². The van der Waals surface area contributed by atoms with Crippen molar-refractivity contribution in [1.29, 1.82) is 0 Å². The number of hydrogen-bond donors (Lipinski definition) is 1. The second-order valence-corrected chi connectivity index (χ2v) is 9.82. The van der Waals surface area contributed by atoms with Gasteiger partial charge < -0.3 is 9.80 Å². The highest BCUT2D eigenvalue weighted by Crippen LogP contribution is 2.31. The van der Waals surface area contributed by atoms with Crippen LogP contribution < -0.4 is 5.43 Å². The lowest BCUT2D eigenvalue weighted by Crippen LogP contribution is -2.44. The van der Waals surface area contributed by atoms with Gasteiger partial charge in [-0.25, -0.2) is 0 Å². The molecule has 2 aliphatic heterocycles. The van der Waals surface area contributed by atoms with Crippen molar-refractivity contribution < 1.29 is 0 Å². The first-order valence-corrected chi connectivity index (χ1v) is 14.8. The van der Waals surface area contributed by atoms with Crippen molar-refractivity contribution in [2.75, 3.05) is 31.1 Å². The minimum atomic E-state index is 0.185. The summed E-state index contributed by atoms with van der Waals surface area (Å²) in [6.45, 7) is 21.1. The molecule has 0 aromatic heterocycles. The first kappa shape index (κ1) is 25.7. The van der Waals surface area contributed by atoms with Crippen molar-refractivity contribution in [3.8, 4) is 0 Å². The van der Waals surface area contributed by atoms with Crippen LogP contribution in [0.1, 0.15) is 52.9 Å². The van der Waals surface area contributed by atoms with E-state index in [4.69, 9.17) is 4.99 Å². The largest absolute Gasteiger partial charge is 0.323 e. The van der Waals surface area contributed by atoms with E-state index in [-0.39, 0.29) is 20.7 Å². The number of likely N-dealkylation sites (tertiary alicyclic amines) is 1. The molecule has 0 aromatic rings. The summed E-state index contributed by atoms with van der Waals surface area (Å²) in [6.07, 6.45) is 8.27. The monoisotopic (exact) mass is 537 g/mol. The maximum Gasteiger partial charge on any atom is 0.165 e. The van der Waals surface area contributed by atoms with Gasteiger partial charge >= 0.3 is 0 Å². The summed E-state index contributed by atoms with van der Waals surface area (Å²) in [5.74, 6) is 1.77. The third kappa shape index (κ3) is 6.72. The summed E-state index contributed by atoms with van der Waals surface area (Å²) in [5.41, 5.74) is 8.58. The van der Waals surface area contributed by atoms with Crippen molar-refractivity contribution in [3.63, 3.8) is 0 Å². The van der Waals surface area contributed by atoms with E-state index in [2.05, 4.69) is 75.9 Å². The number of alkyl halides is 1. The number of aliphatic imine (C=N–C) groups is 1. The van der Waals surface area contributed by atoms with Crippen LogP contribution in [-0.2, 0) is 0 Å². The fraction of sp³-hybridized carbons (Fsp3) is 0.560. The molecule has 3 rings (SSSR count). The highest BCUT2D eigenvalue weighted by molar-refractivity contribution is 14.2. The van der Waals surface area contributed by atoms with E-state index in [1.807, 2.05) is 0 Å². The van der Waals surface area contributed by atoms with Gasteiger partial charge in [0, 0.05) is 13.1 Å². The van der Waals surface area contributed by atoms with Crippen LogP contribution in [0.5, 0.6) is 0 Å². The zero-order valence-corrected chi connectivity index (χ0v) is 22.0. The second-order valence-electron chi connectivity index (χ2n) is 7.95. The van der Waals surface area contributed by atoms with E-state index in [9.17, 15) is 0 Å². The zero-order valence-electron chi connectivity index (χ0n) is 19.9. The van der Waals surface area contributed by atoms with Crippen molar-refractivity contribution in [1.82, 2.24) is 15.2 Å². The van der Waals surface area contributed by atoms with Gasteiger partial charge in [0.05, 0.1) is 11.7 Å². The van der Waals surface area contributed by atoms with Gasteiger partial charge in [0.2, 0.25) is 0 Å². The minimum absolute atomic E-state index is 0.185. The van der Waals surface area contributed by atoms with E-state index >= 15 is 0 Å². The average molecular weight is 538 g/mol. The van der Waals surface area contributed by atoms with E-state index in [1.165, 1.54) is 43.4 Å². The molecule has 3 aliphatic rings. The molecule has 31 heavy (non-hydrogen) atoms. The molecular formula is C25H40IN5. The molecule has 1 aliphatic carbocycles. The third-order valence-electron chi connectivity index (χ3n) is 6.03. The van der Waals surface area contributed by atoms with Gasteiger partial charge in [-0.2, -0.15) is 5.10 Å². The van der Waals surface area contributed by atoms with Crippen LogP contribution in [0.25, 0.3) is 0 Å². The Morgan fingerprint density at radius 1 is 1.26 bits per heavy atom. The molecule has 0 aromatic carbocycles. The van der Waals surface area contributed by atoms with Crippen molar-refractivity contribution in [3.05, 3.63) is 48.2 Å². The van der Waals surface area contributed by atoms with Crippen molar-refractivity contribution in [2.45, 2.75) is 58.9 Å². The number of likely N-dealkylation sites (N-methyl/N-ethyl adjacent to an activating group) is 2. The Balaban J connectivity index is 0.00000166. The Morgan fingerprint density at radius 3 is 2.71 bits per heavy atom. The third-order valence-corrected chi connectivity index (χ3v) is 7.41. The molecule has 0 saturated carbocycles. The van der Waals surface area contributed by atoms with Gasteiger partial charge in [0.15, 0.2) is 11.7 Å². The fourth-order valence-corrected chi connectivity index (χ4v) is 5.86. The quantitative estimate of drug-likeness (QED) is 0.286. The number of halogens is 1. The highest BCUT2D eigenvalue weighted by atomic mass is 127. The Bertz CT molecular complexity index is 790. The molecule has 1 N–H and O–H groups in total. The normalized spacial score (nSPS) is 24.6. The van der Waals surface area contributed by atoms with E-state index in [0.29, 0.717) is 6.04 Å². The van der Waals surface area contributed by atoms with E-state index in [0.717, 1.165) is 43.4 Å². The number of nitrogens with zero attached hydrogens (tertiary/aromatic N) is 4. The Hall–Kier alpha value is -1.54. The van der Waals surface area contributed by atoms with E-state index in [1.54, 1.807) is 5.57 Å². The first-order valence-electron chi connectivity index (χ1n) is 11.4. The molecule has 1 fully saturated rings. The lowest BCUT2D eigenvalue weighted by atomic mass is 10.0. The van der Waals surface area contributed by atoms with Crippen LogP contribution >= 0.6 is 20.7 Å². The summed E-state index contributed by atoms with van der Waals surface area (Å²) < 4.78 is 2.49. The molecule has 0 amide bonds. The van der Waals surface area contributed by atoms with Crippen molar-refractivity contribution >= 4 is 36.4 Å². The molecule has 5 nitrogen and oxygen atoms in total. The Kier molecular flexibility index (Phi) is 10.9. The van der Waals surface area contributed by atoms with Crippen LogP contribution in [-0.4, -0.2) is 62.6 Å². The topological polar surface area (TPSA) is 43.2 Å². The van der Waals surface area contributed by atoms with Crippen LogP contribution in [0.4, 0.5) is 0 Å². The predicted molar refractivity (Wildman–Crippen MR) is 147 cm³/mol. The summed E-state index contributed by atoms with van der Waals surface area (Å²) in [5, 5.41) is 4.69. The maximum atomic E-state index is 4.98. The van der Waals surface area contributed by atoms with Crippen molar-refractivity contribution in [2.24, 2.45) is 10.1 Å². The van der Waals surface area contributed by atoms with E-state index < -0.39 is 0 Å². The van der Waals surface area contributed by atoms with Gasteiger partial charge in [-0.15, -0.1) is 33.9 Å². The Labute approximate surface area is 199 Å². The highest BCUT2D eigenvalue weighted by Gasteiger charge is 2.25. The molecule has 1 atom stereocenters. The smallest absolute Gasteiger partial charge is 0.165 e. The number of allylic oxidation sites excluding steroid dienone is 3. The summed E-state index contributed by atoms with van der Waals surface area (Å²) in [4.78, 5) is 12.0. The minimum Gasteiger partial charge on any atom is -0.323 e. The van der Waals surface area contributed by atoms with Crippen LogP contribution in [0.3, 0.4) is 0 Å². The number of hydrazone groups is 1. The number of hydrogen-bond acceptors (Lipinski definition) is 4. The summed E-state index contributed by atoms with van der Waals surface area (Å²) in [6, 6.07) is 0.328. The number of piperidine rings is 1. The molecule has 172 valence electrons. The average Bonchev–Trinajstić information content (AvgIpc) is 3.26. The standard InChI is InChI=1S/C23H36IN5.C2H4/c1-6-28-13-9-11-20(16-28)25-23-18(4)29(7-2)22(26-27-23)14-17(3)21-12-8-10-19(21)15-24-5;1-2/h14-15,20H,4,6-13,16H2,1-3,5H3,(H,25,27);1-2H2/b17-14+;. The summed E-state index contributed by atoms with van der Waals surface area (Å²) >= 11 is 0.185. The van der Waals surface area contributed by atoms with Gasteiger partial charge in [-0.3, -0.25) is 10.4 Å². The van der Waals surface area contributed by atoms with Crippen LogP contribution in [0, 0.1) is 0 Å². The number of nitrogens with one attached hydrogen (secondary N) is 1. The molecule has 2 heterocycles. The molecular weight excluding hydrogens is 497 g/mol. The fourth-order valence-electron chi connectivity index (χ4n) is 4.42. The molecule has 6 heteroatoms. The molecule has 1 unspecified atom stereocenters. The second kappa shape index (κ2) is 13.1. The van der Waals surface area contributed by atoms with Crippen LogP contribution in [0.2, 0.25) is 0 Å². The zero-order chi connectivity index (χ0) is 22.8. The molecule has 0 bridgehead atoms. The first-order chi connectivity index (χ1) is 15.1. The Morgan fingerprint density at radius 2 is 2.03 bits per heavy atom. The van der Waals surface area contributed by atoms with Crippen LogP contribution in [0.15, 0.2) is 58.3 Å².